The summed E-state index contributed by atoms with van der Waals surface area (Å²) in [7, 11) is -3.07. The lowest BCUT2D eigenvalue weighted by Crippen LogP contribution is -2.51. The summed E-state index contributed by atoms with van der Waals surface area (Å²) in [5.41, 5.74) is 0. The lowest BCUT2D eigenvalue weighted by atomic mass is 10.2. The van der Waals surface area contributed by atoms with Crippen LogP contribution in [-0.2, 0) is 10.0 Å². The molecule has 0 amide bonds. The summed E-state index contributed by atoms with van der Waals surface area (Å²) in [6.07, 6.45) is 1.44. The molecule has 17 heavy (non-hydrogen) atoms. The Morgan fingerprint density at radius 2 is 1.82 bits per heavy atom. The zero-order valence-electron chi connectivity index (χ0n) is 10.6. The van der Waals surface area contributed by atoms with E-state index < -0.39 is 10.0 Å². The summed E-state index contributed by atoms with van der Waals surface area (Å²) in [6.45, 7) is 6.20. The Morgan fingerprint density at radius 1 is 1.24 bits per heavy atom. The van der Waals surface area contributed by atoms with Crippen LogP contribution in [0.1, 0.15) is 26.7 Å². The van der Waals surface area contributed by atoms with Crippen LogP contribution in [0.5, 0.6) is 0 Å². The molecule has 1 saturated heterocycles. The first kappa shape index (κ1) is 14.4. The van der Waals surface area contributed by atoms with Gasteiger partial charge < -0.3 is 0 Å². The lowest BCUT2D eigenvalue weighted by Gasteiger charge is -2.35. The molecule has 0 N–H and O–H groups in total. The maximum Gasteiger partial charge on any atom is 0.214 e. The molecule has 1 fully saturated rings. The smallest absolute Gasteiger partial charge is 0.214 e. The van der Waals surface area contributed by atoms with E-state index in [-0.39, 0.29) is 11.8 Å². The molecule has 1 aliphatic rings. The number of rotatable bonds is 5. The second-order valence-electron chi connectivity index (χ2n) is 4.30. The summed E-state index contributed by atoms with van der Waals surface area (Å²) >= 11 is 0. The van der Waals surface area contributed by atoms with Crippen molar-refractivity contribution in [3.05, 3.63) is 0 Å². The van der Waals surface area contributed by atoms with Crippen LogP contribution in [0.15, 0.2) is 0 Å². The molecule has 0 aromatic carbocycles. The molecule has 1 heterocycles. The molecule has 0 bridgehead atoms. The first-order chi connectivity index (χ1) is 8.05. The maximum atomic E-state index is 11.8. The van der Waals surface area contributed by atoms with Crippen LogP contribution < -0.4 is 0 Å². The Kier molecular flexibility index (Phi) is 5.37. The van der Waals surface area contributed by atoms with Gasteiger partial charge in [0.25, 0.3) is 0 Å². The van der Waals surface area contributed by atoms with E-state index in [4.69, 9.17) is 5.26 Å². The third-order valence-electron chi connectivity index (χ3n) is 3.11. The number of sulfonamides is 1. The van der Waals surface area contributed by atoms with Crippen molar-refractivity contribution in [1.29, 1.82) is 5.26 Å². The molecule has 1 atom stereocenters. The fourth-order valence-corrected chi connectivity index (χ4v) is 3.61. The van der Waals surface area contributed by atoms with Crippen LogP contribution in [0.25, 0.3) is 0 Å². The molecule has 0 spiro atoms. The molecule has 0 radical (unpaired) electrons. The minimum atomic E-state index is -3.07. The molecule has 98 valence electrons. The number of hydrogen-bond donors (Lipinski definition) is 0. The second kappa shape index (κ2) is 6.34. The van der Waals surface area contributed by atoms with Gasteiger partial charge in [-0.15, -0.1) is 0 Å². The third kappa shape index (κ3) is 3.66. The molecule has 5 nitrogen and oxygen atoms in total. The molecule has 1 rings (SSSR count). The molecule has 1 unspecified atom stereocenters. The molecule has 0 aromatic heterocycles. The maximum absolute atomic E-state index is 11.8. The number of nitriles is 1. The van der Waals surface area contributed by atoms with Gasteiger partial charge >= 0.3 is 0 Å². The van der Waals surface area contributed by atoms with Crippen LogP contribution >= 0.6 is 0 Å². The molecular formula is C11H21N3O2S. The molecular weight excluding hydrogens is 238 g/mol. The zero-order chi connectivity index (χ0) is 12.9. The van der Waals surface area contributed by atoms with E-state index in [0.29, 0.717) is 32.6 Å². The lowest BCUT2D eigenvalue weighted by molar-refractivity contribution is 0.159. The SMILES string of the molecule is CCCS(=O)(=O)N1CCN(C(C#N)CC)CC1. The van der Waals surface area contributed by atoms with Gasteiger partial charge in [-0.3, -0.25) is 4.90 Å². The van der Waals surface area contributed by atoms with Gasteiger partial charge in [0.1, 0.15) is 0 Å². The molecule has 0 aromatic rings. The second-order valence-corrected chi connectivity index (χ2v) is 6.39. The van der Waals surface area contributed by atoms with Gasteiger partial charge in [-0.25, -0.2) is 8.42 Å². The van der Waals surface area contributed by atoms with Crippen LogP contribution in [-0.4, -0.2) is 55.6 Å². The first-order valence-electron chi connectivity index (χ1n) is 6.16. The number of hydrogen-bond acceptors (Lipinski definition) is 4. The highest BCUT2D eigenvalue weighted by atomic mass is 32.2. The minimum Gasteiger partial charge on any atom is -0.285 e. The van der Waals surface area contributed by atoms with Crippen LogP contribution in [0.2, 0.25) is 0 Å². The van der Waals surface area contributed by atoms with Gasteiger partial charge in [-0.2, -0.15) is 9.57 Å². The fraction of sp³-hybridized carbons (Fsp3) is 0.909. The Labute approximate surface area is 104 Å². The van der Waals surface area contributed by atoms with Crippen molar-refractivity contribution in [2.75, 3.05) is 31.9 Å². The highest BCUT2D eigenvalue weighted by Crippen LogP contribution is 2.12. The van der Waals surface area contributed by atoms with Gasteiger partial charge in [-0.1, -0.05) is 13.8 Å². The summed E-state index contributed by atoms with van der Waals surface area (Å²) in [5.74, 6) is 0.225. The van der Waals surface area contributed by atoms with E-state index in [1.165, 1.54) is 0 Å². The van der Waals surface area contributed by atoms with Crippen LogP contribution in [0.3, 0.4) is 0 Å². The predicted molar refractivity (Wildman–Crippen MR) is 66.9 cm³/mol. The third-order valence-corrected chi connectivity index (χ3v) is 5.18. The Balaban J connectivity index is 2.54. The van der Waals surface area contributed by atoms with E-state index in [9.17, 15) is 8.42 Å². The number of piperazine rings is 1. The van der Waals surface area contributed by atoms with Gasteiger partial charge in [0.2, 0.25) is 10.0 Å². The Morgan fingerprint density at radius 3 is 2.24 bits per heavy atom. The van der Waals surface area contributed by atoms with E-state index in [1.807, 2.05) is 13.8 Å². The fourth-order valence-electron chi connectivity index (χ4n) is 2.11. The Bertz CT molecular complexity index is 367. The molecule has 1 aliphatic heterocycles. The predicted octanol–water partition coefficient (Wildman–Crippen LogP) is 0.646. The van der Waals surface area contributed by atoms with E-state index >= 15 is 0 Å². The van der Waals surface area contributed by atoms with E-state index in [2.05, 4.69) is 11.0 Å². The van der Waals surface area contributed by atoms with Crippen molar-refractivity contribution >= 4 is 10.0 Å². The minimum absolute atomic E-state index is 0.0778. The Hall–Kier alpha value is -0.640. The van der Waals surface area contributed by atoms with Crippen LogP contribution in [0.4, 0.5) is 0 Å². The normalized spacial score (nSPS) is 21.0. The molecule has 0 saturated carbocycles. The van der Waals surface area contributed by atoms with Crippen molar-refractivity contribution in [2.45, 2.75) is 32.7 Å². The van der Waals surface area contributed by atoms with Crippen molar-refractivity contribution in [2.24, 2.45) is 0 Å². The van der Waals surface area contributed by atoms with Crippen LogP contribution in [0, 0.1) is 11.3 Å². The quantitative estimate of drug-likeness (QED) is 0.727. The summed E-state index contributed by atoms with van der Waals surface area (Å²) in [4.78, 5) is 2.07. The summed E-state index contributed by atoms with van der Waals surface area (Å²) in [5, 5.41) is 8.96. The van der Waals surface area contributed by atoms with E-state index in [0.717, 1.165) is 6.42 Å². The average molecular weight is 259 g/mol. The first-order valence-corrected chi connectivity index (χ1v) is 7.77. The van der Waals surface area contributed by atoms with E-state index in [1.54, 1.807) is 4.31 Å². The summed E-state index contributed by atoms with van der Waals surface area (Å²) in [6, 6.07) is 2.18. The number of nitrogens with zero attached hydrogens (tertiary/aromatic N) is 3. The monoisotopic (exact) mass is 259 g/mol. The summed E-state index contributed by atoms with van der Waals surface area (Å²) < 4.78 is 25.2. The van der Waals surface area contributed by atoms with Gasteiger partial charge in [0.05, 0.1) is 17.9 Å². The standard InChI is InChI=1S/C11H21N3O2S/c1-3-9-17(15,16)14-7-5-13(6-8-14)11(4-2)10-12/h11H,3-9H2,1-2H3. The van der Waals surface area contributed by atoms with Crippen molar-refractivity contribution in [3.63, 3.8) is 0 Å². The molecule has 6 heteroatoms. The zero-order valence-corrected chi connectivity index (χ0v) is 11.4. The largest absolute Gasteiger partial charge is 0.285 e. The van der Waals surface area contributed by atoms with Crippen molar-refractivity contribution in [3.8, 4) is 6.07 Å². The highest BCUT2D eigenvalue weighted by molar-refractivity contribution is 7.89. The van der Waals surface area contributed by atoms with Crippen molar-refractivity contribution in [1.82, 2.24) is 9.21 Å². The average Bonchev–Trinajstić information content (AvgIpc) is 2.31. The van der Waals surface area contributed by atoms with Crippen molar-refractivity contribution < 1.29 is 8.42 Å². The van der Waals surface area contributed by atoms with Gasteiger partial charge in [0.15, 0.2) is 0 Å². The van der Waals surface area contributed by atoms with Gasteiger partial charge in [-0.05, 0) is 12.8 Å². The molecule has 0 aliphatic carbocycles. The van der Waals surface area contributed by atoms with Gasteiger partial charge in [0, 0.05) is 26.2 Å². The highest BCUT2D eigenvalue weighted by Gasteiger charge is 2.28. The topological polar surface area (TPSA) is 64.4 Å².